The molecule has 3 rings (SSSR count). The van der Waals surface area contributed by atoms with Gasteiger partial charge in [0, 0.05) is 29.8 Å². The topological polar surface area (TPSA) is 51.5 Å². The van der Waals surface area contributed by atoms with Gasteiger partial charge in [0.25, 0.3) is 0 Å². The summed E-state index contributed by atoms with van der Waals surface area (Å²) in [4.78, 5) is 11.9. The van der Waals surface area contributed by atoms with Crippen LogP contribution in [0.1, 0.15) is 24.5 Å². The fourth-order valence-corrected chi connectivity index (χ4v) is 2.56. The number of rotatable bonds is 4. The number of ketones is 1. The molecule has 0 saturated carbocycles. The van der Waals surface area contributed by atoms with Crippen LogP contribution in [0.4, 0.5) is 5.69 Å². The van der Waals surface area contributed by atoms with Crippen LogP contribution in [0.15, 0.2) is 58.9 Å². The van der Waals surface area contributed by atoms with Gasteiger partial charge in [0.05, 0.1) is 13.4 Å². The van der Waals surface area contributed by atoms with E-state index in [1.807, 2.05) is 36.4 Å². The van der Waals surface area contributed by atoms with Crippen LogP contribution in [0.2, 0.25) is 0 Å². The van der Waals surface area contributed by atoms with Crippen LogP contribution in [0.3, 0.4) is 0 Å². The van der Waals surface area contributed by atoms with Gasteiger partial charge in [-0.15, -0.1) is 0 Å². The maximum Gasteiger partial charge on any atom is 0.158 e. The molecule has 4 heteroatoms. The molecule has 0 spiro atoms. The zero-order valence-electron chi connectivity index (χ0n) is 11.8. The van der Waals surface area contributed by atoms with Crippen molar-refractivity contribution in [2.75, 3.05) is 12.4 Å². The first-order chi connectivity index (χ1) is 10.2. The number of furan rings is 1. The predicted octanol–water partition coefficient (Wildman–Crippen LogP) is 3.73. The summed E-state index contributed by atoms with van der Waals surface area (Å²) in [7, 11) is 1.64. The lowest BCUT2D eigenvalue weighted by Gasteiger charge is -2.21. The SMILES string of the molecule is COc1ccc(NC2=CC(=O)C[C@H](c3ccco3)C2)cc1. The molecule has 1 aromatic heterocycles. The third-order valence-electron chi connectivity index (χ3n) is 3.59. The molecular weight excluding hydrogens is 266 g/mol. The highest BCUT2D eigenvalue weighted by Gasteiger charge is 2.24. The Labute approximate surface area is 123 Å². The van der Waals surface area contributed by atoms with Crippen LogP contribution in [0.25, 0.3) is 0 Å². The number of allylic oxidation sites excluding steroid dienone is 2. The Morgan fingerprint density at radius 1 is 1.19 bits per heavy atom. The highest BCUT2D eigenvalue weighted by molar-refractivity contribution is 5.92. The Morgan fingerprint density at radius 3 is 2.67 bits per heavy atom. The molecule has 1 aliphatic rings. The van der Waals surface area contributed by atoms with Gasteiger partial charge in [-0.3, -0.25) is 4.79 Å². The molecule has 0 unspecified atom stereocenters. The van der Waals surface area contributed by atoms with Gasteiger partial charge < -0.3 is 14.5 Å². The normalized spacial score (nSPS) is 18.2. The summed E-state index contributed by atoms with van der Waals surface area (Å²) < 4.78 is 10.6. The second-order valence-corrected chi connectivity index (χ2v) is 5.11. The molecule has 108 valence electrons. The van der Waals surface area contributed by atoms with E-state index in [1.165, 1.54) is 0 Å². The Hall–Kier alpha value is -2.49. The first kappa shape index (κ1) is 13.5. The minimum Gasteiger partial charge on any atom is -0.497 e. The van der Waals surface area contributed by atoms with Crippen LogP contribution >= 0.6 is 0 Å². The second-order valence-electron chi connectivity index (χ2n) is 5.11. The van der Waals surface area contributed by atoms with Gasteiger partial charge in [-0.2, -0.15) is 0 Å². The first-order valence-corrected chi connectivity index (χ1v) is 6.92. The fraction of sp³-hybridized carbons (Fsp3) is 0.235. The summed E-state index contributed by atoms with van der Waals surface area (Å²) in [6, 6.07) is 11.4. The Balaban J connectivity index is 1.73. The zero-order chi connectivity index (χ0) is 14.7. The van der Waals surface area contributed by atoms with Gasteiger partial charge in [0.2, 0.25) is 0 Å². The molecular formula is C17H17NO3. The van der Waals surface area contributed by atoms with E-state index in [2.05, 4.69) is 5.32 Å². The number of ether oxygens (including phenoxy) is 1. The van der Waals surface area contributed by atoms with E-state index in [-0.39, 0.29) is 11.7 Å². The lowest BCUT2D eigenvalue weighted by Crippen LogP contribution is -2.16. The third kappa shape index (κ3) is 3.16. The van der Waals surface area contributed by atoms with E-state index in [0.29, 0.717) is 6.42 Å². The van der Waals surface area contributed by atoms with Crippen molar-refractivity contribution in [3.8, 4) is 5.75 Å². The number of hydrogen-bond acceptors (Lipinski definition) is 4. The van der Waals surface area contributed by atoms with Crippen LogP contribution in [-0.2, 0) is 4.79 Å². The standard InChI is InChI=1S/C17H17NO3/c1-20-16-6-4-13(5-7-16)18-14-9-12(10-15(19)11-14)17-3-2-8-21-17/h2-8,11-12,18H,9-10H2,1H3/t12-/m1/s1. The fourth-order valence-electron chi connectivity index (χ4n) is 2.56. The van der Waals surface area contributed by atoms with Crippen LogP contribution in [-0.4, -0.2) is 12.9 Å². The highest BCUT2D eigenvalue weighted by Crippen LogP contribution is 2.32. The van der Waals surface area contributed by atoms with E-state index in [1.54, 1.807) is 19.4 Å². The molecule has 0 saturated heterocycles. The van der Waals surface area contributed by atoms with E-state index in [4.69, 9.17) is 9.15 Å². The number of nitrogens with one attached hydrogen (secondary N) is 1. The van der Waals surface area contributed by atoms with Gasteiger partial charge in [-0.1, -0.05) is 0 Å². The summed E-state index contributed by atoms with van der Waals surface area (Å²) in [6.45, 7) is 0. The summed E-state index contributed by atoms with van der Waals surface area (Å²) in [5, 5.41) is 3.30. The van der Waals surface area contributed by atoms with Crippen LogP contribution < -0.4 is 10.1 Å². The van der Waals surface area contributed by atoms with E-state index in [9.17, 15) is 4.79 Å². The summed E-state index contributed by atoms with van der Waals surface area (Å²) in [5.74, 6) is 1.91. The van der Waals surface area contributed by atoms with Crippen LogP contribution in [0, 0.1) is 0 Å². The average Bonchev–Trinajstić information content (AvgIpc) is 3.02. The van der Waals surface area contributed by atoms with Gasteiger partial charge in [0.15, 0.2) is 5.78 Å². The monoisotopic (exact) mass is 283 g/mol. The molecule has 0 amide bonds. The maximum absolute atomic E-state index is 11.9. The largest absolute Gasteiger partial charge is 0.497 e. The first-order valence-electron chi connectivity index (χ1n) is 6.92. The highest BCUT2D eigenvalue weighted by atomic mass is 16.5. The molecule has 1 aliphatic carbocycles. The van der Waals surface area contributed by atoms with Crippen molar-refractivity contribution in [3.05, 3.63) is 60.2 Å². The molecule has 4 nitrogen and oxygen atoms in total. The number of anilines is 1. The number of carbonyl (C=O) groups is 1. The second kappa shape index (κ2) is 5.87. The number of methoxy groups -OCH3 is 1. The van der Waals surface area contributed by atoms with Crippen LogP contribution in [0.5, 0.6) is 5.75 Å². The Morgan fingerprint density at radius 2 is 2.00 bits per heavy atom. The van der Waals surface area contributed by atoms with Crippen molar-refractivity contribution in [1.29, 1.82) is 0 Å². The molecule has 0 fully saturated rings. The molecule has 1 atom stereocenters. The summed E-state index contributed by atoms with van der Waals surface area (Å²) >= 11 is 0. The molecule has 0 aliphatic heterocycles. The molecule has 1 aromatic carbocycles. The average molecular weight is 283 g/mol. The Bertz CT molecular complexity index is 641. The van der Waals surface area contributed by atoms with Gasteiger partial charge >= 0.3 is 0 Å². The molecule has 1 N–H and O–H groups in total. The number of carbonyl (C=O) groups excluding carboxylic acids is 1. The van der Waals surface area contributed by atoms with Crippen molar-refractivity contribution >= 4 is 11.5 Å². The third-order valence-corrected chi connectivity index (χ3v) is 3.59. The van der Waals surface area contributed by atoms with Crippen molar-refractivity contribution < 1.29 is 13.9 Å². The van der Waals surface area contributed by atoms with Crippen molar-refractivity contribution in [2.45, 2.75) is 18.8 Å². The quantitative estimate of drug-likeness (QED) is 0.929. The Kier molecular flexibility index (Phi) is 3.77. The van der Waals surface area contributed by atoms with Gasteiger partial charge in [-0.05, 0) is 42.8 Å². The zero-order valence-corrected chi connectivity index (χ0v) is 11.8. The summed E-state index contributed by atoms with van der Waals surface area (Å²) in [6.07, 6.45) is 4.60. The lowest BCUT2D eigenvalue weighted by molar-refractivity contribution is -0.115. The van der Waals surface area contributed by atoms with Gasteiger partial charge in [0.1, 0.15) is 11.5 Å². The lowest BCUT2D eigenvalue weighted by atomic mass is 9.89. The molecule has 2 aromatic rings. The number of hydrogen-bond donors (Lipinski definition) is 1. The van der Waals surface area contributed by atoms with Gasteiger partial charge in [-0.25, -0.2) is 0 Å². The summed E-state index contributed by atoms with van der Waals surface area (Å²) in [5.41, 5.74) is 1.85. The smallest absolute Gasteiger partial charge is 0.158 e. The molecule has 0 radical (unpaired) electrons. The van der Waals surface area contributed by atoms with Crippen molar-refractivity contribution in [1.82, 2.24) is 0 Å². The van der Waals surface area contributed by atoms with E-state index in [0.717, 1.165) is 29.3 Å². The van der Waals surface area contributed by atoms with E-state index < -0.39 is 0 Å². The maximum atomic E-state index is 11.9. The van der Waals surface area contributed by atoms with E-state index >= 15 is 0 Å². The predicted molar refractivity (Wildman–Crippen MR) is 80.4 cm³/mol. The van der Waals surface area contributed by atoms with Crippen molar-refractivity contribution in [3.63, 3.8) is 0 Å². The molecule has 1 heterocycles. The molecule has 21 heavy (non-hydrogen) atoms. The molecule has 0 bridgehead atoms. The minimum absolute atomic E-state index is 0.109. The minimum atomic E-state index is 0.109. The van der Waals surface area contributed by atoms with Crippen molar-refractivity contribution in [2.24, 2.45) is 0 Å². The number of benzene rings is 1.